The number of aryl methyl sites for hydroxylation is 1. The maximum Gasteiger partial charge on any atom is 0.321 e. The van der Waals surface area contributed by atoms with E-state index in [4.69, 9.17) is 14.2 Å². The monoisotopic (exact) mass is 399 g/mol. The summed E-state index contributed by atoms with van der Waals surface area (Å²) in [7, 11) is 4.83. The van der Waals surface area contributed by atoms with Gasteiger partial charge in [0.15, 0.2) is 11.5 Å². The summed E-state index contributed by atoms with van der Waals surface area (Å²) in [5, 5.41) is 2.98. The van der Waals surface area contributed by atoms with Crippen LogP contribution in [0, 0.1) is 6.92 Å². The Balaban J connectivity index is 1.58. The summed E-state index contributed by atoms with van der Waals surface area (Å²) in [5.74, 6) is 1.90. The second kappa shape index (κ2) is 9.52. The fourth-order valence-corrected chi connectivity index (χ4v) is 3.52. The molecule has 1 aliphatic rings. The van der Waals surface area contributed by atoms with E-state index in [2.05, 4.69) is 10.2 Å². The van der Waals surface area contributed by atoms with Crippen LogP contribution in [0.3, 0.4) is 0 Å². The van der Waals surface area contributed by atoms with Gasteiger partial charge in [0, 0.05) is 38.4 Å². The number of hydrogen-bond donors (Lipinski definition) is 1. The van der Waals surface area contributed by atoms with Crippen LogP contribution in [0.1, 0.15) is 11.1 Å². The van der Waals surface area contributed by atoms with Gasteiger partial charge in [0.2, 0.25) is 5.75 Å². The SMILES string of the molecule is COc1cc(CN2CCN(C(=O)Nc3cccc(C)c3)CC2)cc(OC)c1OC. The topological polar surface area (TPSA) is 63.3 Å². The number of piperazine rings is 1. The van der Waals surface area contributed by atoms with Crippen molar-refractivity contribution in [3.05, 3.63) is 47.5 Å². The maximum absolute atomic E-state index is 12.5. The zero-order valence-corrected chi connectivity index (χ0v) is 17.5. The van der Waals surface area contributed by atoms with E-state index in [-0.39, 0.29) is 6.03 Å². The van der Waals surface area contributed by atoms with Crippen molar-refractivity contribution >= 4 is 11.7 Å². The first-order valence-corrected chi connectivity index (χ1v) is 9.68. The van der Waals surface area contributed by atoms with E-state index in [1.54, 1.807) is 21.3 Å². The first-order chi connectivity index (χ1) is 14.0. The van der Waals surface area contributed by atoms with E-state index in [1.807, 2.05) is 48.2 Å². The molecule has 1 heterocycles. The van der Waals surface area contributed by atoms with Crippen molar-refractivity contribution in [3.8, 4) is 17.2 Å². The van der Waals surface area contributed by atoms with Crippen LogP contribution in [0.2, 0.25) is 0 Å². The molecule has 0 atom stereocenters. The fourth-order valence-electron chi connectivity index (χ4n) is 3.52. The van der Waals surface area contributed by atoms with Gasteiger partial charge in [0.25, 0.3) is 0 Å². The van der Waals surface area contributed by atoms with E-state index in [0.717, 1.165) is 36.4 Å². The molecular formula is C22H29N3O4. The Morgan fingerprint density at radius 1 is 0.966 bits per heavy atom. The molecule has 1 N–H and O–H groups in total. The number of methoxy groups -OCH3 is 3. The van der Waals surface area contributed by atoms with E-state index in [9.17, 15) is 4.79 Å². The normalized spacial score (nSPS) is 14.4. The number of nitrogens with zero attached hydrogens (tertiary/aromatic N) is 2. The lowest BCUT2D eigenvalue weighted by atomic mass is 10.1. The third-order valence-electron chi connectivity index (χ3n) is 5.06. The van der Waals surface area contributed by atoms with Gasteiger partial charge in [-0.05, 0) is 42.3 Å². The van der Waals surface area contributed by atoms with Crippen molar-refractivity contribution in [1.29, 1.82) is 0 Å². The summed E-state index contributed by atoms with van der Waals surface area (Å²) < 4.78 is 16.3. The molecule has 1 fully saturated rings. The first kappa shape index (κ1) is 20.8. The van der Waals surface area contributed by atoms with Crippen LogP contribution in [-0.4, -0.2) is 63.3 Å². The number of nitrogens with one attached hydrogen (secondary N) is 1. The van der Waals surface area contributed by atoms with Gasteiger partial charge in [-0.15, -0.1) is 0 Å². The molecule has 0 aliphatic carbocycles. The second-order valence-corrected chi connectivity index (χ2v) is 7.10. The van der Waals surface area contributed by atoms with Crippen LogP contribution in [0.15, 0.2) is 36.4 Å². The molecule has 0 saturated carbocycles. The summed E-state index contributed by atoms with van der Waals surface area (Å²) in [6.45, 7) is 5.74. The van der Waals surface area contributed by atoms with Crippen molar-refractivity contribution in [2.45, 2.75) is 13.5 Å². The predicted molar refractivity (Wildman–Crippen MR) is 113 cm³/mol. The lowest BCUT2D eigenvalue weighted by Crippen LogP contribution is -2.49. The van der Waals surface area contributed by atoms with Crippen LogP contribution >= 0.6 is 0 Å². The third-order valence-corrected chi connectivity index (χ3v) is 5.06. The Hall–Kier alpha value is -2.93. The molecule has 29 heavy (non-hydrogen) atoms. The first-order valence-electron chi connectivity index (χ1n) is 9.68. The van der Waals surface area contributed by atoms with Crippen molar-refractivity contribution in [1.82, 2.24) is 9.80 Å². The molecule has 7 heteroatoms. The minimum atomic E-state index is -0.0527. The summed E-state index contributed by atoms with van der Waals surface area (Å²) in [6.07, 6.45) is 0. The molecule has 0 bridgehead atoms. The van der Waals surface area contributed by atoms with Gasteiger partial charge in [0.05, 0.1) is 21.3 Å². The number of rotatable bonds is 6. The van der Waals surface area contributed by atoms with Crippen molar-refractivity contribution in [2.75, 3.05) is 52.8 Å². The smallest absolute Gasteiger partial charge is 0.321 e. The Morgan fingerprint density at radius 2 is 1.62 bits per heavy atom. The van der Waals surface area contributed by atoms with E-state index in [1.165, 1.54) is 0 Å². The second-order valence-electron chi connectivity index (χ2n) is 7.10. The average Bonchev–Trinajstić information content (AvgIpc) is 2.73. The highest BCUT2D eigenvalue weighted by atomic mass is 16.5. The van der Waals surface area contributed by atoms with E-state index < -0.39 is 0 Å². The molecule has 2 aromatic carbocycles. The van der Waals surface area contributed by atoms with Gasteiger partial charge >= 0.3 is 6.03 Å². The summed E-state index contributed by atoms with van der Waals surface area (Å²) in [5.41, 5.74) is 3.03. The van der Waals surface area contributed by atoms with E-state index in [0.29, 0.717) is 30.3 Å². The molecule has 7 nitrogen and oxygen atoms in total. The van der Waals surface area contributed by atoms with Crippen molar-refractivity contribution < 1.29 is 19.0 Å². The number of carbonyl (C=O) groups excluding carboxylic acids is 1. The minimum Gasteiger partial charge on any atom is -0.493 e. The Morgan fingerprint density at radius 3 is 2.17 bits per heavy atom. The van der Waals surface area contributed by atoms with Crippen LogP contribution in [0.25, 0.3) is 0 Å². The summed E-state index contributed by atoms with van der Waals surface area (Å²) in [6, 6.07) is 11.7. The van der Waals surface area contributed by atoms with Crippen LogP contribution < -0.4 is 19.5 Å². The van der Waals surface area contributed by atoms with Crippen LogP contribution in [-0.2, 0) is 6.54 Å². The number of carbonyl (C=O) groups is 1. The number of benzene rings is 2. The molecule has 0 aromatic heterocycles. The molecule has 0 spiro atoms. The van der Waals surface area contributed by atoms with Crippen LogP contribution in [0.4, 0.5) is 10.5 Å². The zero-order chi connectivity index (χ0) is 20.8. The van der Waals surface area contributed by atoms with Crippen molar-refractivity contribution in [2.24, 2.45) is 0 Å². The number of hydrogen-bond acceptors (Lipinski definition) is 5. The lowest BCUT2D eigenvalue weighted by Gasteiger charge is -2.34. The van der Waals surface area contributed by atoms with E-state index >= 15 is 0 Å². The highest BCUT2D eigenvalue weighted by Crippen LogP contribution is 2.38. The Labute approximate surface area is 172 Å². The third kappa shape index (κ3) is 5.12. The quantitative estimate of drug-likeness (QED) is 0.807. The molecule has 2 amide bonds. The Kier molecular flexibility index (Phi) is 6.82. The predicted octanol–water partition coefficient (Wildman–Crippen LogP) is 3.37. The van der Waals surface area contributed by atoms with Crippen LogP contribution in [0.5, 0.6) is 17.2 Å². The number of amides is 2. The molecule has 0 unspecified atom stereocenters. The average molecular weight is 399 g/mol. The lowest BCUT2D eigenvalue weighted by molar-refractivity contribution is 0.143. The largest absolute Gasteiger partial charge is 0.493 e. The molecule has 1 saturated heterocycles. The molecule has 156 valence electrons. The maximum atomic E-state index is 12.5. The van der Waals surface area contributed by atoms with Gasteiger partial charge in [-0.1, -0.05) is 12.1 Å². The molecule has 2 aromatic rings. The molecule has 3 rings (SSSR count). The number of ether oxygens (including phenoxy) is 3. The zero-order valence-electron chi connectivity index (χ0n) is 17.5. The fraction of sp³-hybridized carbons (Fsp3) is 0.409. The molecule has 0 radical (unpaired) electrons. The molecular weight excluding hydrogens is 370 g/mol. The minimum absolute atomic E-state index is 0.0527. The molecule has 1 aliphatic heterocycles. The number of urea groups is 1. The van der Waals surface area contributed by atoms with Gasteiger partial charge in [0.1, 0.15) is 0 Å². The van der Waals surface area contributed by atoms with Gasteiger partial charge < -0.3 is 24.4 Å². The van der Waals surface area contributed by atoms with Gasteiger partial charge in [-0.3, -0.25) is 4.90 Å². The van der Waals surface area contributed by atoms with Crippen molar-refractivity contribution in [3.63, 3.8) is 0 Å². The van der Waals surface area contributed by atoms with Gasteiger partial charge in [-0.25, -0.2) is 4.79 Å². The Bertz CT molecular complexity index is 823. The standard InChI is InChI=1S/C22H29N3O4/c1-16-6-5-7-18(12-16)23-22(26)25-10-8-24(9-11-25)15-17-13-19(27-2)21(29-4)20(14-17)28-3/h5-7,12-14H,8-11,15H2,1-4H3,(H,23,26). The highest BCUT2D eigenvalue weighted by molar-refractivity contribution is 5.89. The highest BCUT2D eigenvalue weighted by Gasteiger charge is 2.22. The summed E-state index contributed by atoms with van der Waals surface area (Å²) >= 11 is 0. The summed E-state index contributed by atoms with van der Waals surface area (Å²) in [4.78, 5) is 16.7. The number of anilines is 1. The van der Waals surface area contributed by atoms with Gasteiger partial charge in [-0.2, -0.15) is 0 Å².